The minimum absolute atomic E-state index is 0.0444. The van der Waals surface area contributed by atoms with Crippen LogP contribution in [0.3, 0.4) is 0 Å². The van der Waals surface area contributed by atoms with Crippen LogP contribution in [0.5, 0.6) is 0 Å². The average molecular weight is 221 g/mol. The number of aliphatic hydroxyl groups is 1. The van der Waals surface area contributed by atoms with E-state index in [0.717, 1.165) is 16.3 Å². The molecule has 76 valence electrons. The molecule has 2 aromatic rings. The van der Waals surface area contributed by atoms with E-state index in [1.807, 2.05) is 24.3 Å². The van der Waals surface area contributed by atoms with Crippen molar-refractivity contribution >= 4 is 27.6 Å². The third kappa shape index (κ3) is 1.74. The van der Waals surface area contributed by atoms with Crippen LogP contribution in [0.4, 0.5) is 0 Å². The maximum Gasteiger partial charge on any atom is 0.253 e. The molecule has 0 aliphatic rings. The Bertz CT molecular complexity index is 520. The van der Waals surface area contributed by atoms with Gasteiger partial charge in [-0.05, 0) is 34.0 Å². The minimum Gasteiger partial charge on any atom is -0.392 e. The second-order valence-corrected chi connectivity index (χ2v) is 3.59. The molecule has 2 rings (SSSR count). The van der Waals surface area contributed by atoms with Crippen LogP contribution in [0.2, 0.25) is 0 Å². The van der Waals surface area contributed by atoms with Crippen molar-refractivity contribution < 1.29 is 9.90 Å². The maximum atomic E-state index is 11.2. The van der Waals surface area contributed by atoms with Gasteiger partial charge in [0.1, 0.15) is 0 Å². The van der Waals surface area contributed by atoms with Crippen molar-refractivity contribution in [2.45, 2.75) is 6.61 Å². The fourth-order valence-electron chi connectivity index (χ4n) is 1.67. The molecule has 0 fully saturated rings. The number of halogens is 1. The molecule has 1 N–H and O–H groups in total. The Kier molecular flexibility index (Phi) is 2.71. The smallest absolute Gasteiger partial charge is 0.253 e. The third-order valence-electron chi connectivity index (χ3n) is 2.40. The van der Waals surface area contributed by atoms with Gasteiger partial charge in [-0.3, -0.25) is 4.79 Å². The number of aliphatic hydroxyl groups excluding tert-OH is 1. The Balaban J connectivity index is 2.83. The van der Waals surface area contributed by atoms with Crippen LogP contribution in [-0.2, 0) is 6.61 Å². The minimum atomic E-state index is -0.476. The van der Waals surface area contributed by atoms with E-state index in [-0.39, 0.29) is 6.61 Å². The van der Waals surface area contributed by atoms with Gasteiger partial charge < -0.3 is 5.11 Å². The van der Waals surface area contributed by atoms with E-state index in [0.29, 0.717) is 5.56 Å². The summed E-state index contributed by atoms with van der Waals surface area (Å²) in [4.78, 5) is 11.2. The number of rotatable bonds is 2. The largest absolute Gasteiger partial charge is 0.392 e. The van der Waals surface area contributed by atoms with E-state index in [1.165, 1.54) is 0 Å². The van der Waals surface area contributed by atoms with Crippen LogP contribution in [0.25, 0.3) is 10.8 Å². The van der Waals surface area contributed by atoms with E-state index in [2.05, 4.69) is 0 Å². The maximum absolute atomic E-state index is 11.2. The quantitative estimate of drug-likeness (QED) is 0.791. The van der Waals surface area contributed by atoms with Gasteiger partial charge in [-0.25, -0.2) is 0 Å². The van der Waals surface area contributed by atoms with Crippen LogP contribution < -0.4 is 0 Å². The van der Waals surface area contributed by atoms with Crippen molar-refractivity contribution in [3.05, 3.63) is 47.5 Å². The standard InChI is InChI=1S/C12H9ClO2/c13-12(15)11-6-5-8(7-14)9-3-1-2-4-10(9)11/h1-6,14H,7H2. The zero-order valence-electron chi connectivity index (χ0n) is 7.90. The van der Waals surface area contributed by atoms with Crippen molar-refractivity contribution in [1.82, 2.24) is 0 Å². The Morgan fingerprint density at radius 1 is 1.13 bits per heavy atom. The molecule has 15 heavy (non-hydrogen) atoms. The molecule has 3 heteroatoms. The highest BCUT2D eigenvalue weighted by molar-refractivity contribution is 6.68. The first-order valence-electron chi connectivity index (χ1n) is 4.55. The number of carbonyl (C=O) groups excluding carboxylic acids is 1. The third-order valence-corrected chi connectivity index (χ3v) is 2.60. The Morgan fingerprint density at radius 2 is 1.80 bits per heavy atom. The van der Waals surface area contributed by atoms with Crippen molar-refractivity contribution in [2.75, 3.05) is 0 Å². The summed E-state index contributed by atoms with van der Waals surface area (Å²) >= 11 is 5.48. The molecule has 2 nitrogen and oxygen atoms in total. The number of fused-ring (bicyclic) bond motifs is 1. The van der Waals surface area contributed by atoms with Gasteiger partial charge in [-0.2, -0.15) is 0 Å². The van der Waals surface area contributed by atoms with Crippen LogP contribution >= 0.6 is 11.6 Å². The van der Waals surface area contributed by atoms with E-state index < -0.39 is 5.24 Å². The molecule has 0 aliphatic carbocycles. The number of carbonyl (C=O) groups is 1. The predicted molar refractivity (Wildman–Crippen MR) is 60.1 cm³/mol. The molecule has 0 amide bonds. The molecule has 0 spiro atoms. The SMILES string of the molecule is O=C(Cl)c1ccc(CO)c2ccccc12. The van der Waals surface area contributed by atoms with Gasteiger partial charge >= 0.3 is 0 Å². The first-order chi connectivity index (χ1) is 7.24. The first-order valence-corrected chi connectivity index (χ1v) is 4.93. The zero-order valence-corrected chi connectivity index (χ0v) is 8.66. The van der Waals surface area contributed by atoms with Gasteiger partial charge in [-0.15, -0.1) is 0 Å². The monoisotopic (exact) mass is 220 g/mol. The molecule has 0 aliphatic heterocycles. The van der Waals surface area contributed by atoms with Crippen molar-refractivity contribution in [3.8, 4) is 0 Å². The normalized spacial score (nSPS) is 10.5. The first kappa shape index (κ1) is 10.1. The van der Waals surface area contributed by atoms with Gasteiger partial charge in [0.2, 0.25) is 0 Å². The Labute approximate surface area is 92.1 Å². The molecule has 0 radical (unpaired) electrons. The molecular weight excluding hydrogens is 212 g/mol. The fourth-order valence-corrected chi connectivity index (χ4v) is 1.84. The van der Waals surface area contributed by atoms with Gasteiger partial charge in [0.05, 0.1) is 6.61 Å². The highest BCUT2D eigenvalue weighted by Crippen LogP contribution is 2.24. The Hall–Kier alpha value is -1.38. The van der Waals surface area contributed by atoms with Crippen molar-refractivity contribution in [2.24, 2.45) is 0 Å². The summed E-state index contributed by atoms with van der Waals surface area (Å²) in [6.45, 7) is -0.0444. The number of hydrogen-bond acceptors (Lipinski definition) is 2. The summed E-state index contributed by atoms with van der Waals surface area (Å²) in [5.41, 5.74) is 1.27. The van der Waals surface area contributed by atoms with Gasteiger partial charge in [-0.1, -0.05) is 30.3 Å². The fraction of sp³-hybridized carbons (Fsp3) is 0.0833. The average Bonchev–Trinajstić information content (AvgIpc) is 2.27. The second kappa shape index (κ2) is 4.01. The number of benzene rings is 2. The summed E-state index contributed by atoms with van der Waals surface area (Å²) in [7, 11) is 0. The zero-order chi connectivity index (χ0) is 10.8. The van der Waals surface area contributed by atoms with Crippen LogP contribution in [0.1, 0.15) is 15.9 Å². The topological polar surface area (TPSA) is 37.3 Å². The molecule has 2 aromatic carbocycles. The summed E-state index contributed by atoms with van der Waals surface area (Å²) in [5.74, 6) is 0. The van der Waals surface area contributed by atoms with E-state index in [1.54, 1.807) is 12.1 Å². The summed E-state index contributed by atoms with van der Waals surface area (Å²) < 4.78 is 0. The van der Waals surface area contributed by atoms with E-state index in [4.69, 9.17) is 16.7 Å². The number of hydrogen-bond donors (Lipinski definition) is 1. The lowest BCUT2D eigenvalue weighted by molar-refractivity contribution is 0.108. The molecule has 0 aromatic heterocycles. The molecule has 0 heterocycles. The lowest BCUT2D eigenvalue weighted by Gasteiger charge is -2.06. The molecule has 0 unspecified atom stereocenters. The van der Waals surface area contributed by atoms with Crippen LogP contribution in [-0.4, -0.2) is 10.3 Å². The summed E-state index contributed by atoms with van der Waals surface area (Å²) in [6, 6.07) is 10.8. The van der Waals surface area contributed by atoms with Crippen LogP contribution in [0, 0.1) is 0 Å². The molecular formula is C12H9ClO2. The van der Waals surface area contributed by atoms with Crippen molar-refractivity contribution in [1.29, 1.82) is 0 Å². The summed E-state index contributed by atoms with van der Waals surface area (Å²) in [5, 5.41) is 10.3. The lowest BCUT2D eigenvalue weighted by Crippen LogP contribution is -1.94. The van der Waals surface area contributed by atoms with Crippen molar-refractivity contribution in [3.63, 3.8) is 0 Å². The second-order valence-electron chi connectivity index (χ2n) is 3.25. The van der Waals surface area contributed by atoms with Gasteiger partial charge in [0.25, 0.3) is 5.24 Å². The van der Waals surface area contributed by atoms with E-state index in [9.17, 15) is 4.79 Å². The molecule has 0 saturated carbocycles. The molecule has 0 atom stereocenters. The van der Waals surface area contributed by atoms with Gasteiger partial charge in [0.15, 0.2) is 0 Å². The summed E-state index contributed by atoms with van der Waals surface area (Å²) in [6.07, 6.45) is 0. The van der Waals surface area contributed by atoms with Crippen LogP contribution in [0.15, 0.2) is 36.4 Å². The predicted octanol–water partition coefficient (Wildman–Crippen LogP) is 2.71. The highest BCUT2D eigenvalue weighted by Gasteiger charge is 2.09. The highest BCUT2D eigenvalue weighted by atomic mass is 35.5. The van der Waals surface area contributed by atoms with E-state index >= 15 is 0 Å². The van der Waals surface area contributed by atoms with Gasteiger partial charge in [0, 0.05) is 5.56 Å². The molecule has 0 bridgehead atoms. The molecule has 0 saturated heterocycles. The lowest BCUT2D eigenvalue weighted by atomic mass is 10.0. The Morgan fingerprint density at radius 3 is 2.40 bits per heavy atom.